The predicted molar refractivity (Wildman–Crippen MR) is 76.9 cm³/mol. The van der Waals surface area contributed by atoms with Crippen molar-refractivity contribution in [3.8, 4) is 5.75 Å². The van der Waals surface area contributed by atoms with Crippen molar-refractivity contribution in [2.45, 2.75) is 19.8 Å². The van der Waals surface area contributed by atoms with E-state index in [1.54, 1.807) is 36.4 Å². The van der Waals surface area contributed by atoms with Crippen LogP contribution in [-0.2, 0) is 0 Å². The Hall–Kier alpha value is -1.80. The lowest BCUT2D eigenvalue weighted by molar-refractivity contribution is 0.0735. The van der Waals surface area contributed by atoms with Gasteiger partial charge in [0.2, 0.25) is 0 Å². The Morgan fingerprint density at radius 3 is 2.26 bits per heavy atom. The van der Waals surface area contributed by atoms with Crippen molar-refractivity contribution in [2.24, 2.45) is 0 Å². The maximum Gasteiger partial charge on any atom is 0.345 e. The number of carbonyl (C=O) groups excluding carboxylic acids is 1. The molecule has 0 aliphatic heterocycles. The summed E-state index contributed by atoms with van der Waals surface area (Å²) in [6.45, 7) is 4.23. The topological polar surface area (TPSA) is 26.3 Å². The first-order chi connectivity index (χ1) is 9.08. The summed E-state index contributed by atoms with van der Waals surface area (Å²) in [4.78, 5) is 11.9. The highest BCUT2D eigenvalue weighted by Gasteiger charge is 2.12. The summed E-state index contributed by atoms with van der Waals surface area (Å²) in [6, 6.07) is 14.3. The number of benzene rings is 2. The Labute approximate surface area is 118 Å². The van der Waals surface area contributed by atoms with Crippen LogP contribution < -0.4 is 4.74 Å². The molecule has 2 aromatic carbocycles. The van der Waals surface area contributed by atoms with E-state index in [1.807, 2.05) is 12.1 Å². The molecule has 0 unspecified atom stereocenters. The molecule has 2 nitrogen and oxygen atoms in total. The zero-order chi connectivity index (χ0) is 13.8. The number of rotatable bonds is 3. The van der Waals surface area contributed by atoms with Gasteiger partial charge in [0.1, 0.15) is 5.75 Å². The molecule has 0 heterocycles. The highest BCUT2D eigenvalue weighted by Crippen LogP contribution is 2.21. The minimum Gasteiger partial charge on any atom is -0.423 e. The Morgan fingerprint density at radius 2 is 1.68 bits per heavy atom. The normalized spacial score (nSPS) is 10.5. The molecule has 0 bridgehead atoms. The number of ether oxygens (including phenoxy) is 1. The molecule has 0 saturated carbocycles. The maximum atomic E-state index is 11.9. The Morgan fingerprint density at radius 1 is 1.05 bits per heavy atom. The highest BCUT2D eigenvalue weighted by atomic mass is 35.5. The van der Waals surface area contributed by atoms with Gasteiger partial charge in [0.25, 0.3) is 0 Å². The van der Waals surface area contributed by atoms with Gasteiger partial charge < -0.3 is 4.74 Å². The van der Waals surface area contributed by atoms with Crippen molar-refractivity contribution < 1.29 is 9.53 Å². The van der Waals surface area contributed by atoms with Crippen LogP contribution in [-0.4, -0.2) is 5.97 Å². The lowest BCUT2D eigenvalue weighted by atomic mass is 10.0. The highest BCUT2D eigenvalue weighted by molar-refractivity contribution is 6.33. The molecule has 0 aliphatic carbocycles. The van der Waals surface area contributed by atoms with E-state index in [0.29, 0.717) is 22.3 Å². The van der Waals surface area contributed by atoms with Gasteiger partial charge in [-0.25, -0.2) is 4.79 Å². The number of esters is 1. The Kier molecular flexibility index (Phi) is 4.23. The van der Waals surface area contributed by atoms with Gasteiger partial charge in [0, 0.05) is 0 Å². The number of hydrogen-bond acceptors (Lipinski definition) is 2. The van der Waals surface area contributed by atoms with Crippen LogP contribution in [0.4, 0.5) is 0 Å². The van der Waals surface area contributed by atoms with Crippen LogP contribution in [0.1, 0.15) is 35.7 Å². The average Bonchev–Trinajstić information content (AvgIpc) is 2.39. The minimum absolute atomic E-state index is 0.372. The van der Waals surface area contributed by atoms with Gasteiger partial charge in [0.15, 0.2) is 0 Å². The zero-order valence-corrected chi connectivity index (χ0v) is 11.6. The second kappa shape index (κ2) is 5.89. The Balaban J connectivity index is 2.13. The first-order valence-corrected chi connectivity index (χ1v) is 6.52. The van der Waals surface area contributed by atoms with E-state index < -0.39 is 5.97 Å². The van der Waals surface area contributed by atoms with E-state index in [9.17, 15) is 4.79 Å². The van der Waals surface area contributed by atoms with Crippen LogP contribution in [0.5, 0.6) is 5.75 Å². The number of halogens is 1. The summed E-state index contributed by atoms with van der Waals surface area (Å²) in [6.07, 6.45) is 0. The fraction of sp³-hybridized carbons (Fsp3) is 0.188. The van der Waals surface area contributed by atoms with E-state index in [2.05, 4.69) is 13.8 Å². The largest absolute Gasteiger partial charge is 0.423 e. The van der Waals surface area contributed by atoms with Gasteiger partial charge in [-0.05, 0) is 35.7 Å². The van der Waals surface area contributed by atoms with Crippen molar-refractivity contribution in [1.29, 1.82) is 0 Å². The van der Waals surface area contributed by atoms with Crippen LogP contribution in [0.3, 0.4) is 0 Å². The fourth-order valence-electron chi connectivity index (χ4n) is 1.71. The molecule has 0 fully saturated rings. The van der Waals surface area contributed by atoms with Crippen molar-refractivity contribution >= 4 is 17.6 Å². The SMILES string of the molecule is CC(C)c1ccc(OC(=O)c2ccccc2Cl)cc1. The molecule has 2 rings (SSSR count). The Bertz CT molecular complexity index is 574. The van der Waals surface area contributed by atoms with Gasteiger partial charge >= 0.3 is 5.97 Å². The van der Waals surface area contributed by atoms with E-state index >= 15 is 0 Å². The average molecular weight is 275 g/mol. The smallest absolute Gasteiger partial charge is 0.345 e. The molecule has 3 heteroatoms. The quantitative estimate of drug-likeness (QED) is 0.600. The number of hydrogen-bond donors (Lipinski definition) is 0. The molecule has 0 atom stereocenters. The summed E-state index contributed by atoms with van der Waals surface area (Å²) in [5.41, 5.74) is 1.58. The van der Waals surface area contributed by atoms with Crippen LogP contribution >= 0.6 is 11.6 Å². The third-order valence-corrected chi connectivity index (χ3v) is 3.18. The summed E-state index contributed by atoms with van der Waals surface area (Å²) in [7, 11) is 0. The lowest BCUT2D eigenvalue weighted by Crippen LogP contribution is -2.09. The van der Waals surface area contributed by atoms with E-state index in [1.165, 1.54) is 5.56 Å². The molecule has 0 saturated heterocycles. The van der Waals surface area contributed by atoms with Gasteiger partial charge in [-0.3, -0.25) is 0 Å². The van der Waals surface area contributed by atoms with Gasteiger partial charge in [-0.2, -0.15) is 0 Å². The van der Waals surface area contributed by atoms with Crippen LogP contribution in [0.15, 0.2) is 48.5 Å². The van der Waals surface area contributed by atoms with E-state index in [-0.39, 0.29) is 0 Å². The van der Waals surface area contributed by atoms with Gasteiger partial charge in [-0.15, -0.1) is 0 Å². The van der Waals surface area contributed by atoms with Crippen LogP contribution in [0.2, 0.25) is 5.02 Å². The monoisotopic (exact) mass is 274 g/mol. The summed E-state index contributed by atoms with van der Waals surface area (Å²) in [5, 5.41) is 0.395. The van der Waals surface area contributed by atoms with Crippen molar-refractivity contribution in [1.82, 2.24) is 0 Å². The van der Waals surface area contributed by atoms with Crippen LogP contribution in [0.25, 0.3) is 0 Å². The molecular weight excluding hydrogens is 260 g/mol. The molecule has 19 heavy (non-hydrogen) atoms. The van der Waals surface area contributed by atoms with Crippen LogP contribution in [0, 0.1) is 0 Å². The second-order valence-corrected chi connectivity index (χ2v) is 5.00. The standard InChI is InChI=1S/C16H15ClO2/c1-11(2)12-7-9-13(10-8-12)19-16(18)14-5-3-4-6-15(14)17/h3-11H,1-2H3. The summed E-state index contributed by atoms with van der Waals surface area (Å²) in [5.74, 6) is 0.533. The van der Waals surface area contributed by atoms with E-state index in [0.717, 1.165) is 0 Å². The van der Waals surface area contributed by atoms with Crippen molar-refractivity contribution in [3.63, 3.8) is 0 Å². The van der Waals surface area contributed by atoms with Gasteiger partial charge in [0.05, 0.1) is 10.6 Å². The number of carbonyl (C=O) groups is 1. The predicted octanol–water partition coefficient (Wildman–Crippen LogP) is 4.68. The third kappa shape index (κ3) is 3.36. The van der Waals surface area contributed by atoms with Crippen molar-refractivity contribution in [2.75, 3.05) is 0 Å². The first kappa shape index (κ1) is 13.6. The summed E-state index contributed by atoms with van der Waals surface area (Å²) < 4.78 is 5.29. The molecule has 0 radical (unpaired) electrons. The second-order valence-electron chi connectivity index (χ2n) is 4.59. The van der Waals surface area contributed by atoms with Crippen molar-refractivity contribution in [3.05, 3.63) is 64.7 Å². The van der Waals surface area contributed by atoms with E-state index in [4.69, 9.17) is 16.3 Å². The zero-order valence-electron chi connectivity index (χ0n) is 10.9. The molecule has 0 N–H and O–H groups in total. The molecule has 0 aromatic heterocycles. The molecule has 0 amide bonds. The first-order valence-electron chi connectivity index (χ1n) is 6.14. The molecule has 0 aliphatic rings. The third-order valence-electron chi connectivity index (χ3n) is 2.85. The summed E-state index contributed by atoms with van der Waals surface area (Å²) >= 11 is 5.95. The molecule has 0 spiro atoms. The lowest BCUT2D eigenvalue weighted by Gasteiger charge is -2.08. The fourth-order valence-corrected chi connectivity index (χ4v) is 1.92. The molecule has 2 aromatic rings. The minimum atomic E-state index is -0.442. The molecular formula is C16H15ClO2. The maximum absolute atomic E-state index is 11.9. The molecule has 98 valence electrons. The van der Waals surface area contributed by atoms with Gasteiger partial charge in [-0.1, -0.05) is 49.7 Å².